The number of nitrogens with two attached hydrogens (primary N) is 1. The number of pyridine rings is 1. The molecule has 3 aromatic rings. The maximum Gasteiger partial charge on any atom is 0.227 e. The highest BCUT2D eigenvalue weighted by Gasteiger charge is 2.45. The van der Waals surface area contributed by atoms with Crippen molar-refractivity contribution in [2.24, 2.45) is 5.73 Å². The summed E-state index contributed by atoms with van der Waals surface area (Å²) in [6.07, 6.45) is 2.94. The van der Waals surface area contributed by atoms with Crippen LogP contribution in [-0.4, -0.2) is 16.4 Å². The van der Waals surface area contributed by atoms with Crippen LogP contribution in [0.2, 0.25) is 0 Å². The zero-order valence-electron chi connectivity index (χ0n) is 15.1. The van der Waals surface area contributed by atoms with Gasteiger partial charge in [0.15, 0.2) is 0 Å². The molecular formula is C22H23N3O. The van der Waals surface area contributed by atoms with Gasteiger partial charge >= 0.3 is 0 Å². The largest absolute Gasteiger partial charge is 0.322 e. The summed E-state index contributed by atoms with van der Waals surface area (Å²) < 4.78 is 0. The smallest absolute Gasteiger partial charge is 0.227 e. The van der Waals surface area contributed by atoms with Gasteiger partial charge in [-0.15, -0.1) is 0 Å². The maximum absolute atomic E-state index is 13.1. The lowest BCUT2D eigenvalue weighted by atomic mass is 9.93. The second-order valence-electron chi connectivity index (χ2n) is 7.41. The van der Waals surface area contributed by atoms with Crippen LogP contribution < -0.4 is 10.6 Å². The Morgan fingerprint density at radius 1 is 1.12 bits per heavy atom. The average Bonchev–Trinajstić information content (AvgIpc) is 2.86. The third-order valence-corrected chi connectivity index (χ3v) is 5.45. The Morgan fingerprint density at radius 3 is 2.69 bits per heavy atom. The molecule has 1 aliphatic rings. The van der Waals surface area contributed by atoms with E-state index in [0.29, 0.717) is 12.8 Å². The first-order chi connectivity index (χ1) is 12.5. The monoisotopic (exact) mass is 345 g/mol. The number of amides is 1. The van der Waals surface area contributed by atoms with Crippen molar-refractivity contribution in [3.8, 4) is 0 Å². The Kier molecular flexibility index (Phi) is 4.00. The fourth-order valence-electron chi connectivity index (χ4n) is 3.97. The number of para-hydroxylation sites is 2. The molecule has 4 rings (SSSR count). The first-order valence-electron chi connectivity index (χ1n) is 9.00. The van der Waals surface area contributed by atoms with Crippen molar-refractivity contribution in [1.29, 1.82) is 0 Å². The van der Waals surface area contributed by atoms with E-state index in [4.69, 9.17) is 5.73 Å². The molecule has 2 aromatic carbocycles. The van der Waals surface area contributed by atoms with E-state index in [2.05, 4.69) is 11.1 Å². The molecule has 1 aliphatic heterocycles. The van der Waals surface area contributed by atoms with Crippen LogP contribution in [0, 0.1) is 0 Å². The fraction of sp³-hybridized carbons (Fsp3) is 0.273. The molecule has 1 atom stereocenters. The quantitative estimate of drug-likeness (QED) is 0.781. The minimum atomic E-state index is -0.429. The highest BCUT2D eigenvalue weighted by molar-refractivity contribution is 5.98. The number of hydrogen-bond donors (Lipinski definition) is 1. The van der Waals surface area contributed by atoms with E-state index in [1.165, 1.54) is 0 Å². The normalized spacial score (nSPS) is 18.1. The van der Waals surface area contributed by atoms with Gasteiger partial charge < -0.3 is 10.6 Å². The lowest BCUT2D eigenvalue weighted by Crippen LogP contribution is -2.49. The average molecular weight is 345 g/mol. The van der Waals surface area contributed by atoms with Gasteiger partial charge in [-0.2, -0.15) is 0 Å². The van der Waals surface area contributed by atoms with E-state index in [-0.39, 0.29) is 11.9 Å². The summed E-state index contributed by atoms with van der Waals surface area (Å²) in [4.78, 5) is 19.4. The fourth-order valence-corrected chi connectivity index (χ4v) is 3.97. The summed E-state index contributed by atoms with van der Waals surface area (Å²) >= 11 is 0. The van der Waals surface area contributed by atoms with Crippen LogP contribution in [0.15, 0.2) is 60.8 Å². The molecule has 0 saturated carbocycles. The SMILES string of the molecule is CC1(C)C(N)c2ccccc2N1C(=O)CCc1ccnc2ccccc12. The zero-order valence-corrected chi connectivity index (χ0v) is 15.1. The van der Waals surface area contributed by atoms with Gasteiger partial charge in [0.25, 0.3) is 0 Å². The molecule has 1 unspecified atom stereocenters. The number of nitrogens with zero attached hydrogens (tertiary/aromatic N) is 2. The van der Waals surface area contributed by atoms with E-state index in [0.717, 1.165) is 27.7 Å². The van der Waals surface area contributed by atoms with E-state index in [1.54, 1.807) is 0 Å². The van der Waals surface area contributed by atoms with Gasteiger partial charge in [0.2, 0.25) is 5.91 Å². The second-order valence-corrected chi connectivity index (χ2v) is 7.41. The van der Waals surface area contributed by atoms with Crippen LogP contribution in [0.3, 0.4) is 0 Å². The van der Waals surface area contributed by atoms with Crippen molar-refractivity contribution in [3.63, 3.8) is 0 Å². The van der Waals surface area contributed by atoms with Gasteiger partial charge in [-0.25, -0.2) is 0 Å². The number of hydrogen-bond acceptors (Lipinski definition) is 3. The summed E-state index contributed by atoms with van der Waals surface area (Å²) in [6.45, 7) is 4.08. The van der Waals surface area contributed by atoms with Gasteiger partial charge in [0.05, 0.1) is 17.1 Å². The first-order valence-corrected chi connectivity index (χ1v) is 9.00. The molecular weight excluding hydrogens is 322 g/mol. The molecule has 4 heteroatoms. The summed E-state index contributed by atoms with van der Waals surface area (Å²) in [5, 5.41) is 1.11. The van der Waals surface area contributed by atoms with Crippen LogP contribution in [0.4, 0.5) is 5.69 Å². The number of benzene rings is 2. The molecule has 26 heavy (non-hydrogen) atoms. The summed E-state index contributed by atoms with van der Waals surface area (Å²) in [5.74, 6) is 0.108. The summed E-state index contributed by atoms with van der Waals surface area (Å²) in [5.41, 5.74) is 10.1. The van der Waals surface area contributed by atoms with Gasteiger partial charge in [0, 0.05) is 23.7 Å². The lowest BCUT2D eigenvalue weighted by molar-refractivity contribution is -0.119. The van der Waals surface area contributed by atoms with Crippen LogP contribution in [-0.2, 0) is 11.2 Å². The Bertz CT molecular complexity index is 975. The maximum atomic E-state index is 13.1. The van der Waals surface area contributed by atoms with Gasteiger partial charge in [0.1, 0.15) is 0 Å². The van der Waals surface area contributed by atoms with Crippen LogP contribution >= 0.6 is 0 Å². The minimum absolute atomic E-state index is 0.108. The Morgan fingerprint density at radius 2 is 1.85 bits per heavy atom. The van der Waals surface area contributed by atoms with E-state index in [1.807, 2.05) is 73.5 Å². The number of carbonyl (C=O) groups is 1. The first kappa shape index (κ1) is 16.7. The van der Waals surface area contributed by atoms with Gasteiger partial charge in [-0.1, -0.05) is 36.4 Å². The molecule has 132 valence electrons. The summed E-state index contributed by atoms with van der Waals surface area (Å²) in [7, 11) is 0. The number of carbonyl (C=O) groups excluding carboxylic acids is 1. The van der Waals surface area contributed by atoms with Gasteiger partial charge in [-0.3, -0.25) is 9.78 Å². The number of fused-ring (bicyclic) bond motifs is 2. The molecule has 0 aliphatic carbocycles. The number of aryl methyl sites for hydroxylation is 1. The Balaban J connectivity index is 1.60. The van der Waals surface area contributed by atoms with E-state index >= 15 is 0 Å². The molecule has 1 aromatic heterocycles. The highest BCUT2D eigenvalue weighted by Crippen LogP contribution is 2.45. The number of rotatable bonds is 3. The van der Waals surface area contributed by atoms with Crippen molar-refractivity contribution in [1.82, 2.24) is 4.98 Å². The number of anilines is 1. The van der Waals surface area contributed by atoms with E-state index in [9.17, 15) is 4.79 Å². The number of aromatic nitrogens is 1. The second kappa shape index (κ2) is 6.22. The van der Waals surface area contributed by atoms with Crippen LogP contribution in [0.5, 0.6) is 0 Å². The molecule has 1 amide bonds. The molecule has 0 spiro atoms. The highest BCUT2D eigenvalue weighted by atomic mass is 16.2. The standard InChI is InChI=1S/C22H23N3O/c1-22(2)21(23)17-8-4-6-10-19(17)25(22)20(26)12-11-15-13-14-24-18-9-5-3-7-16(15)18/h3-10,13-14,21H,11-12,23H2,1-2H3. The van der Waals surface area contributed by atoms with Crippen molar-refractivity contribution in [3.05, 3.63) is 71.9 Å². The third kappa shape index (κ3) is 2.58. The molecule has 0 radical (unpaired) electrons. The molecule has 0 saturated heterocycles. The van der Waals surface area contributed by atoms with Crippen molar-refractivity contribution >= 4 is 22.5 Å². The minimum Gasteiger partial charge on any atom is -0.322 e. The predicted molar refractivity (Wildman–Crippen MR) is 105 cm³/mol. The van der Waals surface area contributed by atoms with Crippen molar-refractivity contribution < 1.29 is 4.79 Å². The summed E-state index contributed by atoms with van der Waals surface area (Å²) in [6, 6.07) is 17.8. The zero-order chi connectivity index (χ0) is 18.3. The van der Waals surface area contributed by atoms with E-state index < -0.39 is 5.54 Å². The lowest BCUT2D eigenvalue weighted by Gasteiger charge is -2.35. The Labute approximate surface area is 153 Å². The molecule has 2 heterocycles. The molecule has 0 fully saturated rings. The molecule has 2 N–H and O–H groups in total. The Hall–Kier alpha value is -2.72. The van der Waals surface area contributed by atoms with Crippen LogP contribution in [0.1, 0.15) is 37.4 Å². The van der Waals surface area contributed by atoms with Crippen molar-refractivity contribution in [2.75, 3.05) is 4.90 Å². The van der Waals surface area contributed by atoms with Crippen LogP contribution in [0.25, 0.3) is 10.9 Å². The molecule has 4 nitrogen and oxygen atoms in total. The topological polar surface area (TPSA) is 59.2 Å². The predicted octanol–water partition coefficient (Wildman–Crippen LogP) is 3.99. The molecule has 0 bridgehead atoms. The van der Waals surface area contributed by atoms with Gasteiger partial charge in [-0.05, 0) is 49.6 Å². The van der Waals surface area contributed by atoms with Crippen molar-refractivity contribution in [2.45, 2.75) is 38.3 Å². The third-order valence-electron chi connectivity index (χ3n) is 5.45.